The van der Waals surface area contributed by atoms with Gasteiger partial charge in [-0.1, -0.05) is 43.5 Å². The summed E-state index contributed by atoms with van der Waals surface area (Å²) in [4.78, 5) is 22.8. The maximum Gasteiger partial charge on any atom is 0.273 e. The average molecular weight is 372 g/mol. The van der Waals surface area contributed by atoms with Gasteiger partial charge < -0.3 is 10.1 Å². The number of benzene rings is 1. The highest BCUT2D eigenvalue weighted by atomic mass is 16.3. The highest BCUT2D eigenvalue weighted by Gasteiger charge is 2.15. The molecule has 0 bridgehead atoms. The van der Waals surface area contributed by atoms with Gasteiger partial charge in [-0.25, -0.2) is 0 Å². The Hall–Kier alpha value is -3.21. The van der Waals surface area contributed by atoms with Crippen LogP contribution in [0.1, 0.15) is 49.1 Å². The summed E-state index contributed by atoms with van der Waals surface area (Å²) < 4.78 is 0. The van der Waals surface area contributed by atoms with Crippen LogP contribution < -0.4 is 10.7 Å². The third kappa shape index (κ3) is 4.03. The van der Waals surface area contributed by atoms with Crippen LogP contribution in [-0.2, 0) is 0 Å². The molecule has 1 aliphatic rings. The number of aromatic nitrogens is 2. The maximum atomic E-state index is 12.6. The van der Waals surface area contributed by atoms with E-state index in [2.05, 4.69) is 15.0 Å². The molecular weight excluding hydrogens is 350 g/mol. The number of nitrogens with one attached hydrogen (secondary N) is 1. The molecule has 1 fully saturated rings. The molecule has 28 heavy (non-hydrogen) atoms. The van der Waals surface area contributed by atoms with Gasteiger partial charge in [0.15, 0.2) is 0 Å². The van der Waals surface area contributed by atoms with Crippen LogP contribution in [0.3, 0.4) is 0 Å². The van der Waals surface area contributed by atoms with Gasteiger partial charge in [0.25, 0.3) is 5.56 Å². The number of aromatic amines is 1. The fourth-order valence-electron chi connectivity index (χ4n) is 3.77. The number of H-pyrrole nitrogens is 1. The molecule has 3 aromatic rings. The highest BCUT2D eigenvalue weighted by molar-refractivity contribution is 5.92. The van der Waals surface area contributed by atoms with E-state index >= 15 is 0 Å². The SMILES string of the molecule is O=c1[nH]cc(-c2ccncc2)cc1N=C([O-])c1ccc(C2CCCCC2)cc1. The van der Waals surface area contributed by atoms with Crippen LogP contribution in [0, 0.1) is 0 Å². The summed E-state index contributed by atoms with van der Waals surface area (Å²) in [6, 6.07) is 13.0. The van der Waals surface area contributed by atoms with Crippen LogP contribution >= 0.6 is 0 Å². The number of rotatable bonds is 4. The lowest BCUT2D eigenvalue weighted by Gasteiger charge is -2.22. The van der Waals surface area contributed by atoms with E-state index in [0.29, 0.717) is 11.5 Å². The standard InChI is InChI=1S/C23H23N3O2/c27-22(19-8-6-17(7-9-19)16-4-2-1-3-5-16)26-21-14-20(15-25-23(21)28)18-10-12-24-13-11-18/h6-16H,1-5H2,(H,25,28)(H,26,27)/p-1. The van der Waals surface area contributed by atoms with Crippen molar-refractivity contribution in [2.45, 2.75) is 38.0 Å². The predicted molar refractivity (Wildman–Crippen MR) is 109 cm³/mol. The Morgan fingerprint density at radius 1 is 1.00 bits per heavy atom. The topological polar surface area (TPSA) is 81.2 Å². The van der Waals surface area contributed by atoms with Crippen LogP contribution in [0.25, 0.3) is 11.1 Å². The average Bonchev–Trinajstić information content (AvgIpc) is 2.76. The highest BCUT2D eigenvalue weighted by Crippen LogP contribution is 2.32. The minimum absolute atomic E-state index is 0.107. The van der Waals surface area contributed by atoms with E-state index in [9.17, 15) is 9.90 Å². The molecule has 0 saturated heterocycles. The summed E-state index contributed by atoms with van der Waals surface area (Å²) in [7, 11) is 0. The summed E-state index contributed by atoms with van der Waals surface area (Å²) in [5.74, 6) is 0.183. The van der Waals surface area contributed by atoms with Crippen molar-refractivity contribution in [3.05, 3.63) is 82.5 Å². The van der Waals surface area contributed by atoms with Crippen molar-refractivity contribution in [1.82, 2.24) is 9.97 Å². The molecule has 5 nitrogen and oxygen atoms in total. The Morgan fingerprint density at radius 3 is 2.43 bits per heavy atom. The third-order valence-electron chi connectivity index (χ3n) is 5.35. The minimum atomic E-state index is -0.410. The van der Waals surface area contributed by atoms with Crippen LogP contribution in [0.2, 0.25) is 0 Å². The number of nitrogens with zero attached hydrogens (tertiary/aromatic N) is 2. The second-order valence-electron chi connectivity index (χ2n) is 7.21. The molecule has 1 aromatic carbocycles. The van der Waals surface area contributed by atoms with Gasteiger partial charge in [0.2, 0.25) is 0 Å². The summed E-state index contributed by atoms with van der Waals surface area (Å²) in [6.45, 7) is 0. The second kappa shape index (κ2) is 8.21. The normalized spacial score (nSPS) is 15.5. The lowest BCUT2D eigenvalue weighted by Crippen LogP contribution is -2.19. The van der Waals surface area contributed by atoms with Gasteiger partial charge >= 0.3 is 0 Å². The first-order valence-electron chi connectivity index (χ1n) is 9.70. The Morgan fingerprint density at radius 2 is 1.71 bits per heavy atom. The maximum absolute atomic E-state index is 12.6. The molecule has 0 atom stereocenters. The lowest BCUT2D eigenvalue weighted by atomic mass is 9.84. The number of hydrogen-bond acceptors (Lipinski definition) is 4. The Kier molecular flexibility index (Phi) is 5.33. The molecular formula is C23H22N3O2-. The molecule has 2 heterocycles. The van der Waals surface area contributed by atoms with Gasteiger partial charge in [-0.15, -0.1) is 0 Å². The molecule has 0 radical (unpaired) electrons. The fraction of sp³-hybridized carbons (Fsp3) is 0.261. The first kappa shape index (κ1) is 18.2. The van der Waals surface area contributed by atoms with E-state index in [-0.39, 0.29) is 11.2 Å². The van der Waals surface area contributed by atoms with Crippen molar-refractivity contribution in [1.29, 1.82) is 0 Å². The molecule has 0 amide bonds. The van der Waals surface area contributed by atoms with Crippen LogP contribution in [-0.4, -0.2) is 15.9 Å². The summed E-state index contributed by atoms with van der Waals surface area (Å²) >= 11 is 0. The van der Waals surface area contributed by atoms with E-state index in [1.165, 1.54) is 37.7 Å². The molecule has 0 spiro atoms. The molecule has 2 aromatic heterocycles. The van der Waals surface area contributed by atoms with E-state index in [0.717, 1.165) is 11.1 Å². The third-order valence-corrected chi connectivity index (χ3v) is 5.35. The molecule has 1 aliphatic carbocycles. The van der Waals surface area contributed by atoms with Crippen LogP contribution in [0.5, 0.6) is 0 Å². The van der Waals surface area contributed by atoms with Crippen molar-refractivity contribution >= 4 is 11.6 Å². The van der Waals surface area contributed by atoms with Crippen LogP contribution in [0.15, 0.2) is 70.8 Å². The molecule has 5 heteroatoms. The van der Waals surface area contributed by atoms with E-state index in [4.69, 9.17) is 0 Å². The zero-order valence-electron chi connectivity index (χ0n) is 15.6. The summed E-state index contributed by atoms with van der Waals surface area (Å²) in [5.41, 5.74) is 3.18. The molecule has 0 aliphatic heterocycles. The van der Waals surface area contributed by atoms with Gasteiger partial charge in [-0.3, -0.25) is 14.8 Å². The van der Waals surface area contributed by atoms with Crippen molar-refractivity contribution in [2.24, 2.45) is 4.99 Å². The molecule has 4 rings (SSSR count). The van der Waals surface area contributed by atoms with Gasteiger partial charge in [0.05, 0.1) is 0 Å². The zero-order valence-corrected chi connectivity index (χ0v) is 15.6. The number of hydrogen-bond donors (Lipinski definition) is 1. The van der Waals surface area contributed by atoms with Crippen molar-refractivity contribution in [3.8, 4) is 11.1 Å². The van der Waals surface area contributed by atoms with E-state index < -0.39 is 5.90 Å². The Balaban J connectivity index is 1.59. The van der Waals surface area contributed by atoms with Crippen molar-refractivity contribution < 1.29 is 5.11 Å². The molecule has 1 saturated carbocycles. The predicted octanol–water partition coefficient (Wildman–Crippen LogP) is 3.92. The first-order chi connectivity index (χ1) is 13.7. The Labute approximate surface area is 163 Å². The summed E-state index contributed by atoms with van der Waals surface area (Å²) in [5, 5.41) is 12.6. The fourth-order valence-corrected chi connectivity index (χ4v) is 3.77. The molecule has 142 valence electrons. The van der Waals surface area contributed by atoms with Crippen molar-refractivity contribution in [2.75, 3.05) is 0 Å². The van der Waals surface area contributed by atoms with Gasteiger partial charge in [0.1, 0.15) is 5.69 Å². The van der Waals surface area contributed by atoms with E-state index in [1.807, 2.05) is 36.4 Å². The molecule has 0 unspecified atom stereocenters. The largest absolute Gasteiger partial charge is 0.858 e. The number of pyridine rings is 2. The minimum Gasteiger partial charge on any atom is -0.858 e. The monoisotopic (exact) mass is 372 g/mol. The van der Waals surface area contributed by atoms with Crippen molar-refractivity contribution in [3.63, 3.8) is 0 Å². The molecule has 1 N–H and O–H groups in total. The quantitative estimate of drug-likeness (QED) is 0.557. The van der Waals surface area contributed by atoms with E-state index in [1.54, 1.807) is 24.7 Å². The Bertz CT molecular complexity index is 1020. The first-order valence-corrected chi connectivity index (χ1v) is 9.70. The summed E-state index contributed by atoms with van der Waals surface area (Å²) in [6.07, 6.45) is 11.3. The second-order valence-corrected chi connectivity index (χ2v) is 7.21. The smallest absolute Gasteiger partial charge is 0.273 e. The van der Waals surface area contributed by atoms with Gasteiger partial charge in [-0.05, 0) is 59.5 Å². The zero-order chi connectivity index (χ0) is 19.3. The van der Waals surface area contributed by atoms with Gasteiger partial charge in [-0.2, -0.15) is 0 Å². The lowest BCUT2D eigenvalue weighted by molar-refractivity contribution is -0.212. The van der Waals surface area contributed by atoms with Crippen LogP contribution in [0.4, 0.5) is 5.69 Å². The number of aliphatic imine (C=N–C) groups is 1. The van der Waals surface area contributed by atoms with Gasteiger partial charge in [0, 0.05) is 24.2 Å².